The number of amides is 2. The number of hydrogen-bond acceptors (Lipinski definition) is 4. The summed E-state index contributed by atoms with van der Waals surface area (Å²) in [5, 5.41) is 6.10. The molecule has 130 valence electrons. The molecule has 1 saturated heterocycles. The quantitative estimate of drug-likeness (QED) is 0.566. The fraction of sp³-hybridized carbons (Fsp3) is 0.438. The third-order valence-electron chi connectivity index (χ3n) is 3.97. The predicted octanol–water partition coefficient (Wildman–Crippen LogP) is -1.10. The summed E-state index contributed by atoms with van der Waals surface area (Å²) in [6.07, 6.45) is -0.0462. The Bertz CT molecular complexity index is 623. The van der Waals surface area contributed by atoms with Gasteiger partial charge in [0, 0.05) is 11.6 Å². The second-order valence-electron chi connectivity index (χ2n) is 5.58. The SMILES string of the molecule is COC(=O)C[C@H]1C(=O)NCC[NH+]1CC(=O)NCc1ccccc1Cl. The highest BCUT2D eigenvalue weighted by Gasteiger charge is 2.36. The minimum Gasteiger partial charge on any atom is -0.469 e. The first kappa shape index (κ1) is 18.2. The minimum atomic E-state index is -0.614. The van der Waals surface area contributed by atoms with Gasteiger partial charge in [0.25, 0.3) is 11.8 Å². The van der Waals surface area contributed by atoms with Crippen LogP contribution in [0, 0.1) is 0 Å². The van der Waals surface area contributed by atoms with Gasteiger partial charge >= 0.3 is 5.97 Å². The third-order valence-corrected chi connectivity index (χ3v) is 4.34. The van der Waals surface area contributed by atoms with Crippen LogP contribution in [0.2, 0.25) is 5.02 Å². The maximum Gasteiger partial charge on any atom is 0.312 e. The van der Waals surface area contributed by atoms with Gasteiger partial charge in [0.05, 0.1) is 20.2 Å². The molecule has 2 rings (SSSR count). The molecule has 1 aliphatic heterocycles. The van der Waals surface area contributed by atoms with E-state index in [1.54, 1.807) is 6.07 Å². The van der Waals surface area contributed by atoms with Gasteiger partial charge in [0.1, 0.15) is 6.42 Å². The Morgan fingerprint density at radius 3 is 2.88 bits per heavy atom. The number of benzene rings is 1. The van der Waals surface area contributed by atoms with Crippen LogP contribution in [0.1, 0.15) is 12.0 Å². The third kappa shape index (κ3) is 4.94. The smallest absolute Gasteiger partial charge is 0.312 e. The molecule has 7 nitrogen and oxygen atoms in total. The second-order valence-corrected chi connectivity index (χ2v) is 5.98. The molecule has 2 amide bonds. The molecule has 0 bridgehead atoms. The van der Waals surface area contributed by atoms with Gasteiger partial charge in [-0.05, 0) is 11.6 Å². The molecule has 0 spiro atoms. The average molecular weight is 355 g/mol. The molecular weight excluding hydrogens is 334 g/mol. The largest absolute Gasteiger partial charge is 0.469 e. The van der Waals surface area contributed by atoms with Gasteiger partial charge < -0.3 is 20.3 Å². The Kier molecular flexibility index (Phi) is 6.57. The molecule has 1 heterocycles. The van der Waals surface area contributed by atoms with Gasteiger partial charge in [0.15, 0.2) is 12.6 Å². The number of methoxy groups -OCH3 is 1. The Morgan fingerprint density at radius 1 is 1.42 bits per heavy atom. The van der Waals surface area contributed by atoms with Gasteiger partial charge in [0.2, 0.25) is 0 Å². The van der Waals surface area contributed by atoms with Crippen LogP contribution in [0.5, 0.6) is 0 Å². The van der Waals surface area contributed by atoms with E-state index >= 15 is 0 Å². The van der Waals surface area contributed by atoms with E-state index in [4.69, 9.17) is 11.6 Å². The lowest BCUT2D eigenvalue weighted by molar-refractivity contribution is -0.909. The van der Waals surface area contributed by atoms with Crippen molar-refractivity contribution in [2.24, 2.45) is 0 Å². The molecule has 0 radical (unpaired) electrons. The van der Waals surface area contributed by atoms with E-state index in [1.165, 1.54) is 7.11 Å². The lowest BCUT2D eigenvalue weighted by Gasteiger charge is -2.30. The maximum atomic E-state index is 12.2. The zero-order chi connectivity index (χ0) is 17.5. The van der Waals surface area contributed by atoms with Crippen molar-refractivity contribution < 1.29 is 24.0 Å². The van der Waals surface area contributed by atoms with Crippen LogP contribution in [0.25, 0.3) is 0 Å². The lowest BCUT2D eigenvalue weighted by atomic mass is 10.1. The summed E-state index contributed by atoms with van der Waals surface area (Å²) in [5.41, 5.74) is 0.824. The molecule has 1 aromatic rings. The molecular formula is C16H21ClN3O4+. The summed E-state index contributed by atoms with van der Waals surface area (Å²) in [6, 6.07) is 6.65. The number of carbonyl (C=O) groups excluding carboxylic acids is 3. The molecule has 0 aromatic heterocycles. The first-order chi connectivity index (χ1) is 11.5. The van der Waals surface area contributed by atoms with Crippen LogP contribution >= 0.6 is 11.6 Å². The number of piperazine rings is 1. The fourth-order valence-electron chi connectivity index (χ4n) is 2.63. The molecule has 1 aliphatic rings. The molecule has 8 heteroatoms. The number of rotatable bonds is 6. The van der Waals surface area contributed by atoms with Crippen molar-refractivity contribution in [2.75, 3.05) is 26.7 Å². The van der Waals surface area contributed by atoms with Crippen LogP contribution in [0.15, 0.2) is 24.3 Å². The first-order valence-corrected chi connectivity index (χ1v) is 8.08. The lowest BCUT2D eigenvalue weighted by Crippen LogP contribution is -3.20. The number of hydrogen-bond donors (Lipinski definition) is 3. The average Bonchev–Trinajstić information content (AvgIpc) is 2.57. The maximum absolute atomic E-state index is 12.2. The molecule has 1 unspecified atom stereocenters. The molecule has 3 N–H and O–H groups in total. The summed E-state index contributed by atoms with van der Waals surface area (Å²) in [6.45, 7) is 1.48. The van der Waals surface area contributed by atoms with Crippen molar-refractivity contribution in [2.45, 2.75) is 19.0 Å². The van der Waals surface area contributed by atoms with E-state index in [1.807, 2.05) is 18.2 Å². The molecule has 24 heavy (non-hydrogen) atoms. The van der Waals surface area contributed by atoms with Gasteiger partial charge in [-0.2, -0.15) is 0 Å². The van der Waals surface area contributed by atoms with Crippen molar-refractivity contribution in [3.05, 3.63) is 34.9 Å². The summed E-state index contributed by atoms with van der Waals surface area (Å²) in [7, 11) is 1.28. The first-order valence-electron chi connectivity index (χ1n) is 7.70. The molecule has 0 saturated carbocycles. The van der Waals surface area contributed by atoms with Crippen LogP contribution in [-0.2, 0) is 25.7 Å². The van der Waals surface area contributed by atoms with Crippen LogP contribution < -0.4 is 15.5 Å². The standard InChI is InChI=1S/C16H20ClN3O4/c1-24-15(22)8-13-16(23)18-6-7-20(13)10-14(21)19-9-11-4-2-3-5-12(11)17/h2-5,13H,6-10H2,1H3,(H,18,23)(H,19,21)/p+1/t13-/m0/s1. The Balaban J connectivity index is 1.91. The highest BCUT2D eigenvalue weighted by atomic mass is 35.5. The highest BCUT2D eigenvalue weighted by molar-refractivity contribution is 6.31. The number of quaternary nitrogens is 1. The van der Waals surface area contributed by atoms with Crippen molar-refractivity contribution in [1.29, 1.82) is 0 Å². The summed E-state index contributed by atoms with van der Waals surface area (Å²) in [5.74, 6) is -0.902. The van der Waals surface area contributed by atoms with Crippen molar-refractivity contribution in [3.63, 3.8) is 0 Å². The monoisotopic (exact) mass is 354 g/mol. The summed E-state index contributed by atoms with van der Waals surface area (Å²) < 4.78 is 4.63. The van der Waals surface area contributed by atoms with Crippen LogP contribution in [-0.4, -0.2) is 50.6 Å². The molecule has 1 fully saturated rings. The minimum absolute atomic E-state index is 0.0462. The van der Waals surface area contributed by atoms with Gasteiger partial charge in [-0.15, -0.1) is 0 Å². The Hall–Kier alpha value is -2.12. The normalized spacial score (nSPS) is 20.2. The van der Waals surface area contributed by atoms with Crippen LogP contribution in [0.4, 0.5) is 0 Å². The van der Waals surface area contributed by atoms with Gasteiger partial charge in [-0.25, -0.2) is 0 Å². The molecule has 2 atom stereocenters. The zero-order valence-corrected chi connectivity index (χ0v) is 14.2. The number of halogens is 1. The predicted molar refractivity (Wildman–Crippen MR) is 87.4 cm³/mol. The number of carbonyl (C=O) groups is 3. The topological polar surface area (TPSA) is 88.9 Å². The van der Waals surface area contributed by atoms with Crippen molar-refractivity contribution >= 4 is 29.4 Å². The second kappa shape index (κ2) is 8.65. The summed E-state index contributed by atoms with van der Waals surface area (Å²) >= 11 is 6.05. The fourth-order valence-corrected chi connectivity index (χ4v) is 2.83. The Labute approximate surface area is 145 Å². The van der Waals surface area contributed by atoms with E-state index < -0.39 is 12.0 Å². The molecule has 1 aromatic carbocycles. The summed E-state index contributed by atoms with van der Waals surface area (Å²) in [4.78, 5) is 36.4. The van der Waals surface area contributed by atoms with E-state index in [0.717, 1.165) is 10.5 Å². The highest BCUT2D eigenvalue weighted by Crippen LogP contribution is 2.14. The van der Waals surface area contributed by atoms with Gasteiger partial charge in [-0.1, -0.05) is 29.8 Å². The van der Waals surface area contributed by atoms with E-state index in [9.17, 15) is 14.4 Å². The van der Waals surface area contributed by atoms with Gasteiger partial charge in [-0.3, -0.25) is 14.4 Å². The number of ether oxygens (including phenoxy) is 1. The van der Waals surface area contributed by atoms with E-state index in [2.05, 4.69) is 15.4 Å². The number of nitrogens with one attached hydrogen (secondary N) is 3. The van der Waals surface area contributed by atoms with E-state index in [0.29, 0.717) is 24.7 Å². The van der Waals surface area contributed by atoms with Crippen LogP contribution in [0.3, 0.4) is 0 Å². The van der Waals surface area contributed by atoms with Crippen molar-refractivity contribution in [1.82, 2.24) is 10.6 Å². The van der Waals surface area contributed by atoms with Crippen molar-refractivity contribution in [3.8, 4) is 0 Å². The van der Waals surface area contributed by atoms with E-state index in [-0.39, 0.29) is 24.8 Å². The Morgan fingerprint density at radius 2 is 2.17 bits per heavy atom. The molecule has 0 aliphatic carbocycles. The zero-order valence-electron chi connectivity index (χ0n) is 13.4. The number of esters is 1.